The minimum absolute atomic E-state index is 0.0167. The van der Waals surface area contributed by atoms with Gasteiger partial charge in [-0.1, -0.05) is 24.6 Å². The molecule has 0 radical (unpaired) electrons. The van der Waals surface area contributed by atoms with Crippen molar-refractivity contribution in [2.75, 3.05) is 13.7 Å². The van der Waals surface area contributed by atoms with E-state index in [-0.39, 0.29) is 18.6 Å². The van der Waals surface area contributed by atoms with Crippen molar-refractivity contribution < 1.29 is 14.9 Å². The molecule has 0 rings (SSSR count). The van der Waals surface area contributed by atoms with Crippen LogP contribution < -0.4 is 0 Å². The summed E-state index contributed by atoms with van der Waals surface area (Å²) in [6, 6.07) is 0. The number of rotatable bonds is 6. The van der Waals surface area contributed by atoms with Crippen LogP contribution in [0.1, 0.15) is 13.8 Å². The van der Waals surface area contributed by atoms with Crippen LogP contribution in [0.15, 0.2) is 24.3 Å². The zero-order valence-corrected chi connectivity index (χ0v) is 9.10. The molecule has 2 N–H and O–H groups in total. The normalized spacial score (nSPS) is 18.8. The van der Waals surface area contributed by atoms with E-state index in [9.17, 15) is 5.11 Å². The summed E-state index contributed by atoms with van der Waals surface area (Å²) >= 11 is 0. The van der Waals surface area contributed by atoms with E-state index in [0.29, 0.717) is 0 Å². The van der Waals surface area contributed by atoms with Crippen molar-refractivity contribution in [3.05, 3.63) is 24.3 Å². The first-order chi connectivity index (χ1) is 6.56. The second kappa shape index (κ2) is 6.76. The average Bonchev–Trinajstić information content (AvgIpc) is 2.19. The Balaban J connectivity index is 4.36. The summed E-state index contributed by atoms with van der Waals surface area (Å²) in [5.74, 6) is -0.0647. The Bertz CT molecular complexity index is 199. The maximum atomic E-state index is 9.80. The molecular formula is C11H20O3. The summed E-state index contributed by atoms with van der Waals surface area (Å²) in [6.45, 7) is 7.29. The molecule has 3 heteroatoms. The molecular weight excluding hydrogens is 180 g/mol. The molecule has 0 aliphatic heterocycles. The molecule has 0 heterocycles. The fourth-order valence-electron chi connectivity index (χ4n) is 1.27. The number of aliphatic hydroxyl groups excluding tert-OH is 2. The zero-order valence-electron chi connectivity index (χ0n) is 9.10. The van der Waals surface area contributed by atoms with Crippen molar-refractivity contribution in [2.45, 2.75) is 26.1 Å². The van der Waals surface area contributed by atoms with Crippen LogP contribution in [0.2, 0.25) is 0 Å². The molecule has 0 aromatic rings. The Morgan fingerprint density at radius 2 is 2.14 bits per heavy atom. The second-order valence-electron chi connectivity index (χ2n) is 3.46. The third kappa shape index (κ3) is 4.05. The van der Waals surface area contributed by atoms with E-state index in [1.807, 2.05) is 19.9 Å². The molecule has 0 bridgehead atoms. The lowest BCUT2D eigenvalue weighted by molar-refractivity contribution is -0.00161. The van der Waals surface area contributed by atoms with Gasteiger partial charge in [0.05, 0.1) is 12.7 Å². The number of aliphatic hydroxyl groups is 2. The molecule has 3 nitrogen and oxygen atoms in total. The van der Waals surface area contributed by atoms with Gasteiger partial charge in [-0.25, -0.2) is 0 Å². The summed E-state index contributed by atoms with van der Waals surface area (Å²) in [4.78, 5) is 0. The maximum absolute atomic E-state index is 9.80. The van der Waals surface area contributed by atoms with Gasteiger partial charge in [-0.15, -0.1) is 6.58 Å². The number of hydrogen-bond donors (Lipinski definition) is 2. The fourth-order valence-corrected chi connectivity index (χ4v) is 1.27. The molecule has 82 valence electrons. The first-order valence-electron chi connectivity index (χ1n) is 4.68. The zero-order chi connectivity index (χ0) is 11.1. The highest BCUT2D eigenvalue weighted by Crippen LogP contribution is 2.13. The van der Waals surface area contributed by atoms with E-state index >= 15 is 0 Å². The summed E-state index contributed by atoms with van der Waals surface area (Å²) in [6.07, 6.45) is 2.41. The van der Waals surface area contributed by atoms with Gasteiger partial charge in [-0.05, 0) is 6.92 Å². The Kier molecular flexibility index (Phi) is 6.45. The second-order valence-corrected chi connectivity index (χ2v) is 3.46. The first-order valence-corrected chi connectivity index (χ1v) is 4.68. The Morgan fingerprint density at radius 1 is 1.57 bits per heavy atom. The SMILES string of the molecule is C=C[C@H](OC)[C@@H](O)C(C)/C=C(/C)CO. The van der Waals surface area contributed by atoms with E-state index in [0.717, 1.165) is 5.57 Å². The van der Waals surface area contributed by atoms with Crippen LogP contribution in [0, 0.1) is 5.92 Å². The highest BCUT2D eigenvalue weighted by Gasteiger charge is 2.20. The highest BCUT2D eigenvalue weighted by molar-refractivity contribution is 5.04. The fraction of sp³-hybridized carbons (Fsp3) is 0.636. The number of hydrogen-bond acceptors (Lipinski definition) is 3. The van der Waals surface area contributed by atoms with Gasteiger partial charge in [0, 0.05) is 13.0 Å². The first kappa shape index (κ1) is 13.4. The van der Waals surface area contributed by atoms with Gasteiger partial charge < -0.3 is 14.9 Å². The number of methoxy groups -OCH3 is 1. The van der Waals surface area contributed by atoms with Gasteiger partial charge in [0.15, 0.2) is 0 Å². The van der Waals surface area contributed by atoms with Crippen LogP contribution in [0.5, 0.6) is 0 Å². The monoisotopic (exact) mass is 200 g/mol. The van der Waals surface area contributed by atoms with Crippen LogP contribution in [-0.4, -0.2) is 36.1 Å². The van der Waals surface area contributed by atoms with E-state index in [2.05, 4.69) is 6.58 Å². The van der Waals surface area contributed by atoms with Crippen molar-refractivity contribution in [1.29, 1.82) is 0 Å². The van der Waals surface area contributed by atoms with Crippen molar-refractivity contribution in [1.82, 2.24) is 0 Å². The molecule has 0 amide bonds. The summed E-state index contributed by atoms with van der Waals surface area (Å²) < 4.78 is 5.04. The number of ether oxygens (including phenoxy) is 1. The van der Waals surface area contributed by atoms with Crippen molar-refractivity contribution in [3.63, 3.8) is 0 Å². The van der Waals surface area contributed by atoms with E-state index < -0.39 is 6.10 Å². The van der Waals surface area contributed by atoms with Crippen LogP contribution in [-0.2, 0) is 4.74 Å². The summed E-state index contributed by atoms with van der Waals surface area (Å²) in [7, 11) is 1.53. The Labute approximate surface area is 85.7 Å². The van der Waals surface area contributed by atoms with Crippen LogP contribution >= 0.6 is 0 Å². The molecule has 0 aromatic heterocycles. The highest BCUT2D eigenvalue weighted by atomic mass is 16.5. The minimum atomic E-state index is -0.626. The molecule has 0 spiro atoms. The predicted octanol–water partition coefficient (Wildman–Crippen LogP) is 1.12. The van der Waals surface area contributed by atoms with E-state index in [4.69, 9.17) is 9.84 Å². The smallest absolute Gasteiger partial charge is 0.101 e. The molecule has 0 aliphatic carbocycles. The Hall–Kier alpha value is -0.640. The molecule has 0 saturated carbocycles. The predicted molar refractivity (Wildman–Crippen MR) is 57.0 cm³/mol. The van der Waals surface area contributed by atoms with E-state index in [1.165, 1.54) is 7.11 Å². The topological polar surface area (TPSA) is 49.7 Å². The minimum Gasteiger partial charge on any atom is -0.392 e. The molecule has 1 unspecified atom stereocenters. The van der Waals surface area contributed by atoms with Crippen molar-refractivity contribution >= 4 is 0 Å². The van der Waals surface area contributed by atoms with Gasteiger partial charge in [-0.3, -0.25) is 0 Å². The van der Waals surface area contributed by atoms with Gasteiger partial charge in [0.2, 0.25) is 0 Å². The molecule has 0 fully saturated rings. The lowest BCUT2D eigenvalue weighted by Crippen LogP contribution is -2.31. The van der Waals surface area contributed by atoms with Gasteiger partial charge in [0.25, 0.3) is 0 Å². The quantitative estimate of drug-likeness (QED) is 0.632. The lowest BCUT2D eigenvalue weighted by Gasteiger charge is -2.22. The Morgan fingerprint density at radius 3 is 2.50 bits per heavy atom. The lowest BCUT2D eigenvalue weighted by atomic mass is 9.97. The largest absolute Gasteiger partial charge is 0.392 e. The van der Waals surface area contributed by atoms with Gasteiger partial charge >= 0.3 is 0 Å². The third-order valence-electron chi connectivity index (χ3n) is 2.18. The van der Waals surface area contributed by atoms with Crippen molar-refractivity contribution in [3.8, 4) is 0 Å². The molecule has 0 aromatic carbocycles. The molecule has 0 saturated heterocycles. The maximum Gasteiger partial charge on any atom is 0.101 e. The van der Waals surface area contributed by atoms with Gasteiger partial charge in [-0.2, -0.15) is 0 Å². The summed E-state index contributed by atoms with van der Waals surface area (Å²) in [5, 5.41) is 18.6. The molecule has 0 aliphatic rings. The summed E-state index contributed by atoms with van der Waals surface area (Å²) in [5.41, 5.74) is 0.843. The van der Waals surface area contributed by atoms with Gasteiger partial charge in [0.1, 0.15) is 6.10 Å². The average molecular weight is 200 g/mol. The third-order valence-corrected chi connectivity index (χ3v) is 2.18. The van der Waals surface area contributed by atoms with Crippen LogP contribution in [0.4, 0.5) is 0 Å². The van der Waals surface area contributed by atoms with Crippen LogP contribution in [0.3, 0.4) is 0 Å². The molecule has 14 heavy (non-hydrogen) atoms. The van der Waals surface area contributed by atoms with Crippen molar-refractivity contribution in [2.24, 2.45) is 5.92 Å². The molecule has 3 atom stereocenters. The van der Waals surface area contributed by atoms with Crippen LogP contribution in [0.25, 0.3) is 0 Å². The standard InChI is InChI=1S/C11H20O3/c1-5-10(14-4)11(13)9(3)6-8(2)7-12/h5-6,9-13H,1,7H2,2-4H3/b8-6-/t9?,10-,11-/m0/s1. The van der Waals surface area contributed by atoms with E-state index in [1.54, 1.807) is 6.08 Å².